The van der Waals surface area contributed by atoms with E-state index in [2.05, 4.69) is 22.8 Å². The quantitative estimate of drug-likeness (QED) is 0.494. The first-order valence-corrected chi connectivity index (χ1v) is 11.4. The monoisotopic (exact) mass is 452 g/mol. The number of hydrogen-bond donors (Lipinski definition) is 3. The molecule has 0 aliphatic heterocycles. The molecule has 3 N–H and O–H groups in total. The summed E-state index contributed by atoms with van der Waals surface area (Å²) >= 11 is 0. The van der Waals surface area contributed by atoms with Crippen molar-refractivity contribution in [3.05, 3.63) is 59.7 Å². The van der Waals surface area contributed by atoms with Gasteiger partial charge in [-0.25, -0.2) is 4.79 Å². The van der Waals surface area contributed by atoms with Gasteiger partial charge in [0.05, 0.1) is 6.42 Å². The molecule has 0 heterocycles. The summed E-state index contributed by atoms with van der Waals surface area (Å²) in [6, 6.07) is 15.6. The second-order valence-corrected chi connectivity index (χ2v) is 8.99. The first kappa shape index (κ1) is 24.3. The molecule has 1 atom stereocenters. The maximum atomic E-state index is 12.8. The number of carboxylic acids is 1. The van der Waals surface area contributed by atoms with Gasteiger partial charge < -0.3 is 20.5 Å². The molecule has 33 heavy (non-hydrogen) atoms. The van der Waals surface area contributed by atoms with Crippen LogP contribution in [0.5, 0.6) is 0 Å². The molecule has 0 fully saturated rings. The van der Waals surface area contributed by atoms with Crippen molar-refractivity contribution in [2.75, 3.05) is 6.61 Å². The van der Waals surface area contributed by atoms with Gasteiger partial charge in [-0.05, 0) is 42.5 Å². The van der Waals surface area contributed by atoms with Crippen molar-refractivity contribution in [2.24, 2.45) is 0 Å². The summed E-state index contributed by atoms with van der Waals surface area (Å²) in [7, 11) is 0. The van der Waals surface area contributed by atoms with Crippen LogP contribution in [0.1, 0.15) is 63.5 Å². The van der Waals surface area contributed by atoms with Gasteiger partial charge in [0, 0.05) is 12.0 Å². The van der Waals surface area contributed by atoms with Gasteiger partial charge in [-0.15, -0.1) is 0 Å². The van der Waals surface area contributed by atoms with Crippen molar-refractivity contribution < 1.29 is 24.2 Å². The van der Waals surface area contributed by atoms with E-state index in [0.29, 0.717) is 6.42 Å². The average Bonchev–Trinajstić information content (AvgIpc) is 3.09. The Morgan fingerprint density at radius 3 is 2.15 bits per heavy atom. The van der Waals surface area contributed by atoms with E-state index in [-0.39, 0.29) is 18.9 Å². The number of unbranched alkanes of at least 4 members (excludes halogenated alkanes) is 1. The summed E-state index contributed by atoms with van der Waals surface area (Å²) in [5.41, 5.74) is 3.23. The van der Waals surface area contributed by atoms with Crippen LogP contribution in [-0.2, 0) is 14.3 Å². The van der Waals surface area contributed by atoms with E-state index in [1.807, 2.05) is 43.3 Å². The van der Waals surface area contributed by atoms with Crippen LogP contribution in [0.25, 0.3) is 11.1 Å². The SMILES string of the molecule is CCCC[C@H](CC(=O)O)NC(=O)C(C)(C)NC(=O)OCC1c2ccccc2-c2ccccc21. The Balaban J connectivity index is 1.61. The lowest BCUT2D eigenvalue weighted by Gasteiger charge is -2.28. The number of aliphatic carboxylic acids is 1. The summed E-state index contributed by atoms with van der Waals surface area (Å²) in [5.74, 6) is -1.49. The predicted octanol–water partition coefficient (Wildman–Crippen LogP) is 4.45. The number of carbonyl (C=O) groups excluding carboxylic acids is 2. The zero-order valence-electron chi connectivity index (χ0n) is 19.4. The molecule has 1 aliphatic rings. The zero-order valence-corrected chi connectivity index (χ0v) is 19.4. The molecule has 0 unspecified atom stereocenters. The number of carbonyl (C=O) groups is 3. The first-order valence-electron chi connectivity index (χ1n) is 11.4. The van der Waals surface area contributed by atoms with Gasteiger partial charge in [-0.3, -0.25) is 9.59 Å². The number of nitrogens with one attached hydrogen (secondary N) is 2. The van der Waals surface area contributed by atoms with Crippen LogP contribution < -0.4 is 10.6 Å². The highest BCUT2D eigenvalue weighted by molar-refractivity contribution is 5.89. The Kier molecular flexibility index (Phi) is 7.74. The number of benzene rings is 2. The summed E-state index contributed by atoms with van der Waals surface area (Å²) in [6.45, 7) is 5.29. The normalized spacial score (nSPS) is 13.5. The van der Waals surface area contributed by atoms with E-state index in [1.165, 1.54) is 0 Å². The number of rotatable bonds is 10. The Hall–Kier alpha value is -3.35. The Bertz CT molecular complexity index is 972. The van der Waals surface area contributed by atoms with Crippen LogP contribution in [0.2, 0.25) is 0 Å². The smallest absolute Gasteiger partial charge is 0.408 e. The largest absolute Gasteiger partial charge is 0.481 e. The number of fused-ring (bicyclic) bond motifs is 3. The average molecular weight is 453 g/mol. The van der Waals surface area contributed by atoms with Crippen LogP contribution >= 0.6 is 0 Å². The Morgan fingerprint density at radius 2 is 1.61 bits per heavy atom. The van der Waals surface area contributed by atoms with Gasteiger partial charge in [0.25, 0.3) is 0 Å². The zero-order chi connectivity index (χ0) is 24.0. The van der Waals surface area contributed by atoms with Crippen LogP contribution in [0, 0.1) is 0 Å². The van der Waals surface area contributed by atoms with Gasteiger partial charge in [0.2, 0.25) is 5.91 Å². The highest BCUT2D eigenvalue weighted by Crippen LogP contribution is 2.44. The molecule has 176 valence electrons. The molecule has 1 aliphatic carbocycles. The molecule has 0 saturated heterocycles. The van der Waals surface area contributed by atoms with E-state index < -0.39 is 29.6 Å². The molecule has 2 aromatic rings. The van der Waals surface area contributed by atoms with Crippen molar-refractivity contribution in [1.29, 1.82) is 0 Å². The third-order valence-corrected chi connectivity index (χ3v) is 5.99. The van der Waals surface area contributed by atoms with Crippen molar-refractivity contribution in [1.82, 2.24) is 10.6 Å². The molecule has 7 heteroatoms. The maximum absolute atomic E-state index is 12.8. The minimum atomic E-state index is -1.26. The summed E-state index contributed by atoms with van der Waals surface area (Å²) in [6.07, 6.45) is 1.41. The molecule has 0 aromatic heterocycles. The number of amides is 2. The fraction of sp³-hybridized carbons (Fsp3) is 0.423. The lowest BCUT2D eigenvalue weighted by molar-refractivity contribution is -0.138. The van der Waals surface area contributed by atoms with Gasteiger partial charge >= 0.3 is 12.1 Å². The van der Waals surface area contributed by atoms with Crippen molar-refractivity contribution in [3.8, 4) is 11.1 Å². The highest BCUT2D eigenvalue weighted by Gasteiger charge is 2.33. The Labute approximate surface area is 194 Å². The lowest BCUT2D eigenvalue weighted by atomic mass is 9.98. The first-order chi connectivity index (χ1) is 15.7. The van der Waals surface area contributed by atoms with E-state index in [1.54, 1.807) is 13.8 Å². The molecule has 2 amide bonds. The lowest BCUT2D eigenvalue weighted by Crippen LogP contribution is -2.57. The van der Waals surface area contributed by atoms with Crippen molar-refractivity contribution in [3.63, 3.8) is 0 Å². The van der Waals surface area contributed by atoms with Gasteiger partial charge in [-0.2, -0.15) is 0 Å². The number of hydrogen-bond acceptors (Lipinski definition) is 4. The fourth-order valence-electron chi connectivity index (χ4n) is 4.20. The summed E-state index contributed by atoms with van der Waals surface area (Å²) in [4.78, 5) is 36.5. The summed E-state index contributed by atoms with van der Waals surface area (Å²) in [5, 5.41) is 14.5. The van der Waals surface area contributed by atoms with Crippen LogP contribution in [-0.4, -0.2) is 41.3 Å². The van der Waals surface area contributed by atoms with Crippen LogP contribution in [0.15, 0.2) is 48.5 Å². The fourth-order valence-corrected chi connectivity index (χ4v) is 4.20. The van der Waals surface area contributed by atoms with Crippen molar-refractivity contribution in [2.45, 2.75) is 64.0 Å². The predicted molar refractivity (Wildman–Crippen MR) is 126 cm³/mol. The number of ether oxygens (including phenoxy) is 1. The topological polar surface area (TPSA) is 105 Å². The number of alkyl carbamates (subject to hydrolysis) is 1. The molecule has 2 aromatic carbocycles. The third-order valence-electron chi connectivity index (χ3n) is 5.99. The minimum absolute atomic E-state index is 0.0749. The number of carboxylic acid groups (broad SMARTS) is 1. The molecular weight excluding hydrogens is 420 g/mol. The van der Waals surface area contributed by atoms with Crippen LogP contribution in [0.3, 0.4) is 0 Å². The molecule has 0 bridgehead atoms. The van der Waals surface area contributed by atoms with Gasteiger partial charge in [0.1, 0.15) is 12.1 Å². The molecule has 0 saturated carbocycles. The molecular formula is C26H32N2O5. The van der Waals surface area contributed by atoms with Gasteiger partial charge in [0.15, 0.2) is 0 Å². The van der Waals surface area contributed by atoms with E-state index in [0.717, 1.165) is 35.1 Å². The van der Waals surface area contributed by atoms with E-state index in [9.17, 15) is 14.4 Å². The van der Waals surface area contributed by atoms with E-state index in [4.69, 9.17) is 9.84 Å². The second-order valence-electron chi connectivity index (χ2n) is 8.99. The second kappa shape index (κ2) is 10.5. The van der Waals surface area contributed by atoms with Crippen molar-refractivity contribution >= 4 is 18.0 Å². The molecule has 0 spiro atoms. The highest BCUT2D eigenvalue weighted by atomic mass is 16.5. The standard InChI is InChI=1S/C26H32N2O5/c1-4-5-10-17(15-23(29)30)27-24(31)26(2,3)28-25(32)33-16-22-20-13-8-6-11-18(20)19-12-7-9-14-21(19)22/h6-9,11-14,17,22H,4-5,10,15-16H2,1-3H3,(H,27,31)(H,28,32)(H,29,30)/t17-/m1/s1. The maximum Gasteiger partial charge on any atom is 0.408 e. The summed E-state index contributed by atoms with van der Waals surface area (Å²) < 4.78 is 5.54. The molecule has 0 radical (unpaired) electrons. The molecule has 3 rings (SSSR count). The van der Waals surface area contributed by atoms with E-state index >= 15 is 0 Å². The van der Waals surface area contributed by atoms with Crippen LogP contribution in [0.4, 0.5) is 4.79 Å². The third kappa shape index (κ3) is 5.92. The molecule has 7 nitrogen and oxygen atoms in total. The Morgan fingerprint density at radius 1 is 1.03 bits per heavy atom. The minimum Gasteiger partial charge on any atom is -0.481 e. The van der Waals surface area contributed by atoms with Gasteiger partial charge in [-0.1, -0.05) is 68.3 Å².